The molecule has 2 aromatic heterocycles. The summed E-state index contributed by atoms with van der Waals surface area (Å²) in [6, 6.07) is 2.09. The van der Waals surface area contributed by atoms with Crippen LogP contribution in [0.1, 0.15) is 25.7 Å². The Kier molecular flexibility index (Phi) is 4.64. The zero-order chi connectivity index (χ0) is 17.1. The van der Waals surface area contributed by atoms with Gasteiger partial charge in [0.2, 0.25) is 0 Å². The topological polar surface area (TPSA) is 79.2 Å². The summed E-state index contributed by atoms with van der Waals surface area (Å²) in [5.41, 5.74) is 0.725. The zero-order valence-electron chi connectivity index (χ0n) is 14.3. The number of rotatable bonds is 3. The fourth-order valence-electron chi connectivity index (χ4n) is 2.65. The predicted octanol–water partition coefficient (Wildman–Crippen LogP) is 1.92. The molecule has 1 saturated heterocycles. The van der Waals surface area contributed by atoms with Crippen molar-refractivity contribution < 1.29 is 4.79 Å². The summed E-state index contributed by atoms with van der Waals surface area (Å²) in [4.78, 5) is 24.9. The van der Waals surface area contributed by atoms with E-state index in [1.54, 1.807) is 12.4 Å². The second-order valence-corrected chi connectivity index (χ2v) is 6.17. The third kappa shape index (κ3) is 3.64. The highest BCUT2D eigenvalue weighted by atomic mass is 16.2. The highest BCUT2D eigenvalue weighted by Gasteiger charge is 2.22. The van der Waals surface area contributed by atoms with E-state index in [1.807, 2.05) is 42.6 Å². The van der Waals surface area contributed by atoms with Crippen LogP contribution in [0.2, 0.25) is 0 Å². The van der Waals surface area contributed by atoms with Gasteiger partial charge in [0.25, 0.3) is 0 Å². The predicted molar refractivity (Wildman–Crippen MR) is 92.2 cm³/mol. The molecular formula is C16H23N7O. The molecule has 0 radical (unpaired) electrons. The molecule has 8 heteroatoms. The molecular weight excluding hydrogens is 306 g/mol. The summed E-state index contributed by atoms with van der Waals surface area (Å²) in [6.45, 7) is 8.81. The first-order valence-corrected chi connectivity index (χ1v) is 8.17. The Morgan fingerprint density at radius 2 is 2.00 bits per heavy atom. The van der Waals surface area contributed by atoms with Crippen molar-refractivity contribution in [2.75, 3.05) is 36.4 Å². The Morgan fingerprint density at radius 1 is 1.25 bits per heavy atom. The van der Waals surface area contributed by atoms with Crippen LogP contribution < -0.4 is 10.2 Å². The van der Waals surface area contributed by atoms with E-state index in [0.29, 0.717) is 13.1 Å². The molecule has 0 aliphatic carbocycles. The number of carbonyl (C=O) groups is 1. The molecule has 1 fully saturated rings. The van der Waals surface area contributed by atoms with Crippen LogP contribution in [0.25, 0.3) is 0 Å². The third-order valence-corrected chi connectivity index (χ3v) is 4.03. The number of anilines is 2. The lowest BCUT2D eigenvalue weighted by atomic mass is 10.3. The average molecular weight is 329 g/mol. The molecule has 0 saturated carbocycles. The van der Waals surface area contributed by atoms with Crippen LogP contribution in [0.5, 0.6) is 0 Å². The van der Waals surface area contributed by atoms with Gasteiger partial charge < -0.3 is 15.1 Å². The quantitative estimate of drug-likeness (QED) is 0.930. The van der Waals surface area contributed by atoms with E-state index < -0.39 is 0 Å². The van der Waals surface area contributed by atoms with Crippen molar-refractivity contribution in [2.45, 2.75) is 26.8 Å². The molecule has 0 aromatic carbocycles. The summed E-state index contributed by atoms with van der Waals surface area (Å²) in [7, 11) is 0. The van der Waals surface area contributed by atoms with Gasteiger partial charge in [0, 0.05) is 44.6 Å². The largest absolute Gasteiger partial charge is 0.353 e. The van der Waals surface area contributed by atoms with Crippen LogP contribution in [-0.2, 0) is 0 Å². The Morgan fingerprint density at radius 3 is 2.62 bits per heavy atom. The molecule has 1 N–H and O–H groups in total. The zero-order valence-corrected chi connectivity index (χ0v) is 14.3. The van der Waals surface area contributed by atoms with Crippen LogP contribution in [0, 0.1) is 6.92 Å². The standard InChI is InChI=1S/C16H23N7O/c1-12(2)23-11-14(10-18-23)20-16(24)22-8-6-21(7-9-22)15-4-5-17-13(3)19-15/h4-5,10-12H,6-9H2,1-3H3,(H,20,24). The highest BCUT2D eigenvalue weighted by Crippen LogP contribution is 2.15. The molecule has 3 heterocycles. The van der Waals surface area contributed by atoms with Crippen molar-refractivity contribution in [3.8, 4) is 0 Å². The molecule has 24 heavy (non-hydrogen) atoms. The molecule has 8 nitrogen and oxygen atoms in total. The lowest BCUT2D eigenvalue weighted by Crippen LogP contribution is -2.50. The molecule has 0 unspecified atom stereocenters. The van der Waals surface area contributed by atoms with Crippen molar-refractivity contribution in [1.29, 1.82) is 0 Å². The normalized spacial score (nSPS) is 15.0. The number of hydrogen-bond donors (Lipinski definition) is 1. The number of nitrogens with zero attached hydrogens (tertiary/aromatic N) is 6. The van der Waals surface area contributed by atoms with E-state index in [-0.39, 0.29) is 12.1 Å². The Bertz CT molecular complexity index is 704. The van der Waals surface area contributed by atoms with Crippen LogP contribution in [0.4, 0.5) is 16.3 Å². The second-order valence-electron chi connectivity index (χ2n) is 6.17. The number of carbonyl (C=O) groups excluding carboxylic acids is 1. The van der Waals surface area contributed by atoms with E-state index in [9.17, 15) is 4.79 Å². The van der Waals surface area contributed by atoms with Crippen LogP contribution >= 0.6 is 0 Å². The highest BCUT2D eigenvalue weighted by molar-refractivity contribution is 5.89. The summed E-state index contributed by atoms with van der Waals surface area (Å²) in [5.74, 6) is 1.68. The lowest BCUT2D eigenvalue weighted by molar-refractivity contribution is 0.208. The van der Waals surface area contributed by atoms with E-state index in [1.165, 1.54) is 0 Å². The van der Waals surface area contributed by atoms with Crippen molar-refractivity contribution in [2.24, 2.45) is 0 Å². The van der Waals surface area contributed by atoms with Gasteiger partial charge in [-0.1, -0.05) is 0 Å². The number of hydrogen-bond acceptors (Lipinski definition) is 5. The molecule has 0 bridgehead atoms. The summed E-state index contributed by atoms with van der Waals surface area (Å²) >= 11 is 0. The first kappa shape index (κ1) is 16.2. The number of aromatic nitrogens is 4. The molecule has 2 aromatic rings. The first-order chi connectivity index (χ1) is 11.5. The second kappa shape index (κ2) is 6.86. The lowest BCUT2D eigenvalue weighted by Gasteiger charge is -2.35. The molecule has 3 rings (SSSR count). The number of piperazine rings is 1. The van der Waals surface area contributed by atoms with Crippen molar-refractivity contribution in [1.82, 2.24) is 24.6 Å². The van der Waals surface area contributed by atoms with Gasteiger partial charge in [0.05, 0.1) is 11.9 Å². The SMILES string of the molecule is Cc1nccc(N2CCN(C(=O)Nc3cnn(C(C)C)c3)CC2)n1. The Balaban J connectivity index is 1.55. The summed E-state index contributed by atoms with van der Waals surface area (Å²) in [5, 5.41) is 7.14. The molecule has 128 valence electrons. The average Bonchev–Trinajstić information content (AvgIpc) is 3.04. The molecule has 0 spiro atoms. The maximum Gasteiger partial charge on any atom is 0.322 e. The first-order valence-electron chi connectivity index (χ1n) is 8.17. The van der Waals surface area contributed by atoms with Crippen molar-refractivity contribution >= 4 is 17.5 Å². The summed E-state index contributed by atoms with van der Waals surface area (Å²) < 4.78 is 1.82. The van der Waals surface area contributed by atoms with Gasteiger partial charge in [-0.15, -0.1) is 0 Å². The van der Waals surface area contributed by atoms with Crippen LogP contribution in [0.15, 0.2) is 24.7 Å². The number of amides is 2. The fraction of sp³-hybridized carbons (Fsp3) is 0.500. The van der Waals surface area contributed by atoms with Gasteiger partial charge in [-0.3, -0.25) is 4.68 Å². The monoisotopic (exact) mass is 329 g/mol. The minimum absolute atomic E-state index is 0.0863. The van der Waals surface area contributed by atoms with E-state index in [0.717, 1.165) is 30.4 Å². The minimum Gasteiger partial charge on any atom is -0.353 e. The number of aryl methyl sites for hydroxylation is 1. The summed E-state index contributed by atoms with van der Waals surface area (Å²) in [6.07, 6.45) is 5.30. The van der Waals surface area contributed by atoms with E-state index in [4.69, 9.17) is 0 Å². The third-order valence-electron chi connectivity index (χ3n) is 4.03. The van der Waals surface area contributed by atoms with E-state index in [2.05, 4.69) is 25.3 Å². The van der Waals surface area contributed by atoms with E-state index >= 15 is 0 Å². The van der Waals surface area contributed by atoms with Crippen molar-refractivity contribution in [3.63, 3.8) is 0 Å². The number of urea groups is 1. The van der Waals surface area contributed by atoms with Crippen molar-refractivity contribution in [3.05, 3.63) is 30.5 Å². The van der Waals surface area contributed by atoms with Gasteiger partial charge in [0.15, 0.2) is 0 Å². The Hall–Kier alpha value is -2.64. The Labute approximate surface area is 141 Å². The minimum atomic E-state index is -0.0863. The van der Waals surface area contributed by atoms with Gasteiger partial charge >= 0.3 is 6.03 Å². The maximum atomic E-state index is 12.4. The van der Waals surface area contributed by atoms with Crippen LogP contribution in [-0.4, -0.2) is 56.9 Å². The molecule has 0 atom stereocenters. The molecule has 2 amide bonds. The van der Waals surface area contributed by atoms with Gasteiger partial charge in [-0.25, -0.2) is 14.8 Å². The molecule has 1 aliphatic heterocycles. The van der Waals surface area contributed by atoms with Gasteiger partial charge in [0.1, 0.15) is 11.6 Å². The maximum absolute atomic E-state index is 12.4. The molecule has 1 aliphatic rings. The smallest absolute Gasteiger partial charge is 0.322 e. The van der Waals surface area contributed by atoms with Gasteiger partial charge in [-0.2, -0.15) is 5.10 Å². The van der Waals surface area contributed by atoms with Gasteiger partial charge in [-0.05, 0) is 26.8 Å². The van der Waals surface area contributed by atoms with Crippen LogP contribution in [0.3, 0.4) is 0 Å². The number of nitrogens with one attached hydrogen (secondary N) is 1. The fourth-order valence-corrected chi connectivity index (χ4v) is 2.65.